The second-order valence-electron chi connectivity index (χ2n) is 3.15. The van der Waals surface area contributed by atoms with E-state index in [1.54, 1.807) is 12.1 Å². The van der Waals surface area contributed by atoms with E-state index in [2.05, 4.69) is 6.08 Å². The summed E-state index contributed by atoms with van der Waals surface area (Å²) in [4.78, 5) is 0. The van der Waals surface area contributed by atoms with E-state index in [0.29, 0.717) is 5.56 Å². The Kier molecular flexibility index (Phi) is 1.15. The van der Waals surface area contributed by atoms with Crippen LogP contribution in [0.15, 0.2) is 30.3 Å². The Morgan fingerprint density at radius 3 is 2.92 bits per heavy atom. The van der Waals surface area contributed by atoms with E-state index in [1.807, 2.05) is 18.2 Å². The standard InChI is InChI=1S/C12H6F/c13-11-7-5-9-3-1-2-8-4-6-10(11)12(8)9/h1-3,5-7H. The zero-order valence-corrected chi connectivity index (χ0v) is 6.84. The van der Waals surface area contributed by atoms with Gasteiger partial charge in [0.05, 0.1) is 0 Å². The Hall–Kier alpha value is -1.63. The zero-order valence-electron chi connectivity index (χ0n) is 6.84. The molecule has 1 aliphatic carbocycles. The highest BCUT2D eigenvalue weighted by Crippen LogP contribution is 2.31. The molecule has 0 aromatic heterocycles. The molecule has 1 aliphatic rings. The lowest BCUT2D eigenvalue weighted by Crippen LogP contribution is -1.82. The summed E-state index contributed by atoms with van der Waals surface area (Å²) < 4.78 is 13.3. The minimum Gasteiger partial charge on any atom is -0.206 e. The molecule has 1 radical (unpaired) electrons. The van der Waals surface area contributed by atoms with Gasteiger partial charge < -0.3 is 0 Å². The van der Waals surface area contributed by atoms with E-state index < -0.39 is 0 Å². The van der Waals surface area contributed by atoms with Crippen molar-refractivity contribution in [1.82, 2.24) is 0 Å². The Labute approximate surface area is 75.3 Å². The van der Waals surface area contributed by atoms with Crippen LogP contribution in [0.4, 0.5) is 4.39 Å². The van der Waals surface area contributed by atoms with Crippen LogP contribution in [0.5, 0.6) is 0 Å². The van der Waals surface area contributed by atoms with E-state index in [4.69, 9.17) is 0 Å². The van der Waals surface area contributed by atoms with Crippen LogP contribution < -0.4 is 0 Å². The monoisotopic (exact) mass is 169 g/mol. The van der Waals surface area contributed by atoms with Gasteiger partial charge in [0.2, 0.25) is 0 Å². The summed E-state index contributed by atoms with van der Waals surface area (Å²) in [5, 5.41) is 2.07. The van der Waals surface area contributed by atoms with E-state index >= 15 is 0 Å². The van der Waals surface area contributed by atoms with Gasteiger partial charge >= 0.3 is 0 Å². The Balaban J connectivity index is 2.62. The fourth-order valence-corrected chi connectivity index (χ4v) is 1.79. The van der Waals surface area contributed by atoms with Crippen LogP contribution in [0.1, 0.15) is 11.1 Å². The number of hydrogen-bond donors (Lipinski definition) is 0. The molecule has 0 nitrogen and oxygen atoms in total. The molecule has 0 bridgehead atoms. The average Bonchev–Trinajstić information content (AvgIpc) is 2.57. The smallest absolute Gasteiger partial charge is 0.131 e. The molecule has 0 spiro atoms. The van der Waals surface area contributed by atoms with Crippen LogP contribution in [0.3, 0.4) is 0 Å². The molecule has 0 unspecified atom stereocenters. The molecule has 0 fully saturated rings. The fraction of sp³-hybridized carbons (Fsp3) is 0. The maximum atomic E-state index is 13.3. The van der Waals surface area contributed by atoms with Crippen molar-refractivity contribution < 1.29 is 4.39 Å². The topological polar surface area (TPSA) is 0 Å². The van der Waals surface area contributed by atoms with Crippen molar-refractivity contribution in [1.29, 1.82) is 0 Å². The average molecular weight is 169 g/mol. The van der Waals surface area contributed by atoms with Crippen LogP contribution in [0.25, 0.3) is 16.8 Å². The first kappa shape index (κ1) is 6.84. The van der Waals surface area contributed by atoms with E-state index in [1.165, 1.54) is 6.07 Å². The van der Waals surface area contributed by atoms with Gasteiger partial charge in [0.1, 0.15) is 5.82 Å². The molecule has 0 aliphatic heterocycles. The van der Waals surface area contributed by atoms with E-state index in [-0.39, 0.29) is 5.82 Å². The van der Waals surface area contributed by atoms with Gasteiger partial charge in [-0.25, -0.2) is 4.39 Å². The van der Waals surface area contributed by atoms with Crippen molar-refractivity contribution >= 4 is 16.8 Å². The third-order valence-corrected chi connectivity index (χ3v) is 2.40. The molecular weight excluding hydrogens is 163 g/mol. The molecule has 0 saturated carbocycles. The molecule has 0 atom stereocenters. The summed E-state index contributed by atoms with van der Waals surface area (Å²) in [6.07, 6.45) is 4.76. The normalized spacial score (nSPS) is 12.7. The Bertz CT molecular complexity index is 524. The third kappa shape index (κ3) is 0.788. The SMILES string of the molecule is Fc1ccc2cccc3c2c1C=[C]3. The number of halogens is 1. The molecule has 2 aromatic rings. The number of benzene rings is 2. The molecule has 2 aromatic carbocycles. The van der Waals surface area contributed by atoms with Gasteiger partial charge in [0.15, 0.2) is 0 Å². The molecule has 1 heteroatoms. The highest BCUT2D eigenvalue weighted by molar-refractivity contribution is 5.97. The summed E-state index contributed by atoms with van der Waals surface area (Å²) in [6.45, 7) is 0. The third-order valence-electron chi connectivity index (χ3n) is 2.40. The van der Waals surface area contributed by atoms with Gasteiger partial charge in [-0.15, -0.1) is 0 Å². The molecular formula is C12H6F. The van der Waals surface area contributed by atoms with Crippen molar-refractivity contribution in [3.63, 3.8) is 0 Å². The van der Waals surface area contributed by atoms with Crippen LogP contribution >= 0.6 is 0 Å². The predicted molar refractivity (Wildman–Crippen MR) is 50.7 cm³/mol. The molecule has 0 amide bonds. The van der Waals surface area contributed by atoms with Crippen molar-refractivity contribution in [2.75, 3.05) is 0 Å². The summed E-state index contributed by atoms with van der Waals surface area (Å²) in [6, 6.07) is 9.21. The minimum absolute atomic E-state index is 0.162. The summed E-state index contributed by atoms with van der Waals surface area (Å²) >= 11 is 0. The lowest BCUT2D eigenvalue weighted by atomic mass is 10.0. The zero-order chi connectivity index (χ0) is 8.84. The first-order valence-corrected chi connectivity index (χ1v) is 4.17. The highest BCUT2D eigenvalue weighted by atomic mass is 19.1. The minimum atomic E-state index is -0.162. The largest absolute Gasteiger partial charge is 0.206 e. The Morgan fingerprint density at radius 2 is 2.00 bits per heavy atom. The van der Waals surface area contributed by atoms with Crippen LogP contribution in [-0.2, 0) is 0 Å². The molecule has 3 rings (SSSR count). The van der Waals surface area contributed by atoms with Gasteiger partial charge in [-0.3, -0.25) is 0 Å². The van der Waals surface area contributed by atoms with Crippen LogP contribution in [0, 0.1) is 11.9 Å². The van der Waals surface area contributed by atoms with Crippen molar-refractivity contribution in [2.45, 2.75) is 0 Å². The lowest BCUT2D eigenvalue weighted by molar-refractivity contribution is 0.627. The number of rotatable bonds is 0. The van der Waals surface area contributed by atoms with Crippen molar-refractivity contribution in [2.24, 2.45) is 0 Å². The maximum absolute atomic E-state index is 13.3. The maximum Gasteiger partial charge on any atom is 0.131 e. The van der Waals surface area contributed by atoms with Gasteiger partial charge in [0.25, 0.3) is 0 Å². The first-order chi connectivity index (χ1) is 6.36. The molecule has 61 valence electrons. The van der Waals surface area contributed by atoms with Gasteiger partial charge in [-0.2, -0.15) is 0 Å². The quantitative estimate of drug-likeness (QED) is 0.485. The van der Waals surface area contributed by atoms with E-state index in [0.717, 1.165) is 16.3 Å². The van der Waals surface area contributed by atoms with Gasteiger partial charge in [0, 0.05) is 5.56 Å². The molecule has 0 N–H and O–H groups in total. The van der Waals surface area contributed by atoms with Crippen molar-refractivity contribution in [3.05, 3.63) is 53.4 Å². The molecule has 0 heterocycles. The summed E-state index contributed by atoms with van der Waals surface area (Å²) in [5.74, 6) is -0.162. The van der Waals surface area contributed by atoms with Crippen LogP contribution in [0.2, 0.25) is 0 Å². The van der Waals surface area contributed by atoms with Crippen molar-refractivity contribution in [3.8, 4) is 0 Å². The second kappa shape index (κ2) is 2.19. The summed E-state index contributed by atoms with van der Waals surface area (Å²) in [7, 11) is 0. The second-order valence-corrected chi connectivity index (χ2v) is 3.15. The Morgan fingerprint density at radius 1 is 1.08 bits per heavy atom. The number of hydrogen-bond acceptors (Lipinski definition) is 0. The lowest BCUT2D eigenvalue weighted by Gasteiger charge is -2.01. The molecule has 13 heavy (non-hydrogen) atoms. The van der Waals surface area contributed by atoms with E-state index in [9.17, 15) is 4.39 Å². The molecule has 0 saturated heterocycles. The fourth-order valence-electron chi connectivity index (χ4n) is 1.79. The van der Waals surface area contributed by atoms with Crippen LogP contribution in [-0.4, -0.2) is 0 Å². The summed E-state index contributed by atoms with van der Waals surface area (Å²) in [5.41, 5.74) is 1.67. The predicted octanol–water partition coefficient (Wildman–Crippen LogP) is 3.16. The van der Waals surface area contributed by atoms with Gasteiger partial charge in [-0.1, -0.05) is 24.3 Å². The first-order valence-electron chi connectivity index (χ1n) is 4.17. The highest BCUT2D eigenvalue weighted by Gasteiger charge is 2.12. The van der Waals surface area contributed by atoms with Gasteiger partial charge in [-0.05, 0) is 34.6 Å².